The number of rotatable bonds is 3. The molecule has 8 nitrogen and oxygen atoms in total. The van der Waals surface area contributed by atoms with Crippen LogP contribution in [0.4, 0.5) is 5.69 Å². The zero-order valence-electron chi connectivity index (χ0n) is 14.7. The van der Waals surface area contributed by atoms with Gasteiger partial charge in [-0.25, -0.2) is 9.97 Å². The largest absolute Gasteiger partial charge is 0.442 e. The van der Waals surface area contributed by atoms with E-state index in [4.69, 9.17) is 4.42 Å². The molecular formula is C20H14N6O2. The number of pyridine rings is 1. The summed E-state index contributed by atoms with van der Waals surface area (Å²) >= 11 is 0. The summed E-state index contributed by atoms with van der Waals surface area (Å²) in [6.07, 6.45) is 6.92. The van der Waals surface area contributed by atoms with E-state index in [1.54, 1.807) is 12.3 Å². The molecule has 0 saturated carbocycles. The van der Waals surface area contributed by atoms with Gasteiger partial charge in [0.05, 0.1) is 17.3 Å². The van der Waals surface area contributed by atoms with Gasteiger partial charge in [0.1, 0.15) is 17.5 Å². The molecule has 8 heteroatoms. The predicted molar refractivity (Wildman–Crippen MR) is 101 cm³/mol. The van der Waals surface area contributed by atoms with Crippen LogP contribution in [0.3, 0.4) is 0 Å². The Kier molecular flexibility index (Phi) is 3.66. The maximum Gasteiger partial charge on any atom is 0.274 e. The lowest BCUT2D eigenvalue weighted by molar-refractivity contribution is 0.102. The highest BCUT2D eigenvalue weighted by molar-refractivity contribution is 6.05. The third-order valence-electron chi connectivity index (χ3n) is 4.97. The number of anilines is 1. The Balaban J connectivity index is 1.49. The number of hydrogen-bond acceptors (Lipinski definition) is 6. The third-order valence-corrected chi connectivity index (χ3v) is 4.97. The molecule has 1 amide bonds. The Morgan fingerprint density at radius 1 is 1.25 bits per heavy atom. The Labute approximate surface area is 159 Å². The van der Waals surface area contributed by atoms with Gasteiger partial charge in [0.25, 0.3) is 5.91 Å². The van der Waals surface area contributed by atoms with Gasteiger partial charge in [-0.2, -0.15) is 10.4 Å². The average Bonchev–Trinajstić information content (AvgIpc) is 3.46. The molecule has 5 rings (SSSR count). The van der Waals surface area contributed by atoms with Crippen LogP contribution in [0.2, 0.25) is 0 Å². The number of carbonyl (C=O) groups excluding carboxylic acids is 1. The van der Waals surface area contributed by atoms with E-state index in [1.807, 2.05) is 12.1 Å². The lowest BCUT2D eigenvalue weighted by Gasteiger charge is -2.10. The van der Waals surface area contributed by atoms with Crippen molar-refractivity contribution in [3.05, 3.63) is 59.4 Å². The third kappa shape index (κ3) is 2.53. The van der Waals surface area contributed by atoms with Crippen molar-refractivity contribution in [2.24, 2.45) is 0 Å². The molecule has 0 aliphatic heterocycles. The van der Waals surface area contributed by atoms with Crippen molar-refractivity contribution in [2.45, 2.75) is 19.3 Å². The van der Waals surface area contributed by atoms with Gasteiger partial charge in [0, 0.05) is 17.3 Å². The fourth-order valence-corrected chi connectivity index (χ4v) is 3.68. The highest BCUT2D eigenvalue weighted by Crippen LogP contribution is 2.30. The standard InChI is InChI=1S/C20H14N6O2/c21-7-11-8-23-19(14-3-1-2-13(11)14)20(27)24-12-4-5-16-15(6-12)18(26-25-16)17-9-22-10-28-17/h4-6,8-10H,1-3H2,(H,24,27)(H,25,26). The highest BCUT2D eigenvalue weighted by Gasteiger charge is 2.23. The summed E-state index contributed by atoms with van der Waals surface area (Å²) in [6.45, 7) is 0. The second kappa shape index (κ2) is 6.32. The number of nitrogens with one attached hydrogen (secondary N) is 2. The minimum Gasteiger partial charge on any atom is -0.442 e. The number of nitrogens with zero attached hydrogens (tertiary/aromatic N) is 4. The zero-order chi connectivity index (χ0) is 19.1. The van der Waals surface area contributed by atoms with E-state index < -0.39 is 0 Å². The van der Waals surface area contributed by atoms with Crippen LogP contribution in [0, 0.1) is 11.3 Å². The molecule has 0 atom stereocenters. The Morgan fingerprint density at radius 2 is 2.14 bits per heavy atom. The molecule has 0 saturated heterocycles. The Bertz CT molecular complexity index is 1250. The Hall–Kier alpha value is -3.99. The van der Waals surface area contributed by atoms with Crippen LogP contribution in [0.25, 0.3) is 22.4 Å². The summed E-state index contributed by atoms with van der Waals surface area (Å²) < 4.78 is 5.33. The van der Waals surface area contributed by atoms with Crippen molar-refractivity contribution in [1.82, 2.24) is 20.2 Å². The maximum absolute atomic E-state index is 12.9. The molecule has 2 N–H and O–H groups in total. The fourth-order valence-electron chi connectivity index (χ4n) is 3.68. The normalized spacial score (nSPS) is 12.7. The predicted octanol–water partition coefficient (Wildman–Crippen LogP) is 3.23. The van der Waals surface area contributed by atoms with E-state index in [-0.39, 0.29) is 5.91 Å². The zero-order valence-corrected chi connectivity index (χ0v) is 14.7. The number of nitriles is 1. The van der Waals surface area contributed by atoms with Crippen LogP contribution >= 0.6 is 0 Å². The molecular weight excluding hydrogens is 356 g/mol. The maximum atomic E-state index is 12.9. The van der Waals surface area contributed by atoms with Crippen molar-refractivity contribution in [3.63, 3.8) is 0 Å². The average molecular weight is 370 g/mol. The van der Waals surface area contributed by atoms with Gasteiger partial charge in [0.2, 0.25) is 0 Å². The first-order chi connectivity index (χ1) is 13.7. The number of oxazole rings is 1. The molecule has 1 aliphatic carbocycles. The summed E-state index contributed by atoms with van der Waals surface area (Å²) in [5, 5.41) is 20.2. The number of benzene rings is 1. The van der Waals surface area contributed by atoms with Crippen LogP contribution in [0.5, 0.6) is 0 Å². The van der Waals surface area contributed by atoms with Crippen molar-refractivity contribution in [1.29, 1.82) is 5.26 Å². The number of aromatic nitrogens is 4. The topological polar surface area (TPSA) is 120 Å². The van der Waals surface area contributed by atoms with E-state index >= 15 is 0 Å². The van der Waals surface area contributed by atoms with E-state index in [1.165, 1.54) is 12.6 Å². The Morgan fingerprint density at radius 3 is 2.96 bits per heavy atom. The first kappa shape index (κ1) is 16.2. The summed E-state index contributed by atoms with van der Waals surface area (Å²) in [5.41, 5.74) is 4.83. The van der Waals surface area contributed by atoms with Gasteiger partial charge in [-0.05, 0) is 48.6 Å². The first-order valence-corrected chi connectivity index (χ1v) is 8.84. The van der Waals surface area contributed by atoms with Gasteiger partial charge >= 0.3 is 0 Å². The number of hydrogen-bond donors (Lipinski definition) is 2. The van der Waals surface area contributed by atoms with Gasteiger partial charge in [-0.15, -0.1) is 0 Å². The summed E-state index contributed by atoms with van der Waals surface area (Å²) in [4.78, 5) is 21.0. The van der Waals surface area contributed by atoms with Crippen LogP contribution in [0.15, 0.2) is 41.4 Å². The lowest BCUT2D eigenvalue weighted by Crippen LogP contribution is -2.16. The number of amides is 1. The second-order valence-corrected chi connectivity index (χ2v) is 6.60. The van der Waals surface area contributed by atoms with Crippen molar-refractivity contribution >= 4 is 22.5 Å². The van der Waals surface area contributed by atoms with Gasteiger partial charge in [-0.3, -0.25) is 9.89 Å². The molecule has 1 aliphatic rings. The van der Waals surface area contributed by atoms with Crippen molar-refractivity contribution < 1.29 is 9.21 Å². The molecule has 4 aromatic rings. The molecule has 0 unspecified atom stereocenters. The molecule has 0 bridgehead atoms. The molecule has 0 fully saturated rings. The lowest BCUT2D eigenvalue weighted by atomic mass is 10.0. The van der Waals surface area contributed by atoms with Crippen molar-refractivity contribution in [2.75, 3.05) is 5.32 Å². The van der Waals surface area contributed by atoms with E-state index in [9.17, 15) is 10.1 Å². The van der Waals surface area contributed by atoms with Crippen LogP contribution in [-0.4, -0.2) is 26.1 Å². The summed E-state index contributed by atoms with van der Waals surface area (Å²) in [7, 11) is 0. The SMILES string of the molecule is N#Cc1cnc(C(=O)Nc2ccc3[nH]nc(-c4cnco4)c3c2)c2c1CCC2. The van der Waals surface area contributed by atoms with Gasteiger partial charge in [-0.1, -0.05) is 0 Å². The minimum atomic E-state index is -0.285. The first-order valence-electron chi connectivity index (χ1n) is 8.84. The number of carbonyl (C=O) groups is 1. The van der Waals surface area contributed by atoms with Crippen LogP contribution in [-0.2, 0) is 12.8 Å². The van der Waals surface area contributed by atoms with Crippen LogP contribution in [0.1, 0.15) is 33.6 Å². The monoisotopic (exact) mass is 370 g/mol. The number of fused-ring (bicyclic) bond motifs is 2. The number of H-pyrrole nitrogens is 1. The van der Waals surface area contributed by atoms with Gasteiger partial charge < -0.3 is 9.73 Å². The second-order valence-electron chi connectivity index (χ2n) is 6.60. The van der Waals surface area contributed by atoms with E-state index in [2.05, 4.69) is 31.6 Å². The summed E-state index contributed by atoms with van der Waals surface area (Å²) in [6, 6.07) is 7.63. The van der Waals surface area contributed by atoms with E-state index in [0.717, 1.165) is 41.3 Å². The quantitative estimate of drug-likeness (QED) is 0.571. The molecule has 28 heavy (non-hydrogen) atoms. The molecule has 0 radical (unpaired) electrons. The highest BCUT2D eigenvalue weighted by atomic mass is 16.3. The smallest absolute Gasteiger partial charge is 0.274 e. The molecule has 136 valence electrons. The minimum absolute atomic E-state index is 0.285. The molecule has 3 heterocycles. The van der Waals surface area contributed by atoms with E-state index in [0.29, 0.717) is 28.4 Å². The molecule has 3 aromatic heterocycles. The molecule has 1 aromatic carbocycles. The van der Waals surface area contributed by atoms with Crippen LogP contribution < -0.4 is 5.32 Å². The fraction of sp³-hybridized carbons (Fsp3) is 0.150. The molecule has 0 spiro atoms. The van der Waals surface area contributed by atoms with Gasteiger partial charge in [0.15, 0.2) is 12.2 Å². The van der Waals surface area contributed by atoms with Crippen molar-refractivity contribution in [3.8, 4) is 17.5 Å². The number of aromatic amines is 1. The summed E-state index contributed by atoms with van der Waals surface area (Å²) in [5.74, 6) is 0.257.